The van der Waals surface area contributed by atoms with E-state index in [1.807, 2.05) is 18.8 Å². The predicted octanol–water partition coefficient (Wildman–Crippen LogP) is 1.29. The van der Waals surface area contributed by atoms with Gasteiger partial charge < -0.3 is 5.32 Å². The topological polar surface area (TPSA) is 42.7 Å². The van der Waals surface area contributed by atoms with Crippen molar-refractivity contribution < 1.29 is 0 Å². The molecule has 0 amide bonds. The van der Waals surface area contributed by atoms with E-state index in [1.54, 1.807) is 0 Å². The van der Waals surface area contributed by atoms with Crippen LogP contribution in [0.1, 0.15) is 24.5 Å². The summed E-state index contributed by atoms with van der Waals surface area (Å²) in [4.78, 5) is 0. The maximum absolute atomic E-state index is 4.02. The van der Waals surface area contributed by atoms with E-state index in [-0.39, 0.29) is 0 Å². The van der Waals surface area contributed by atoms with Crippen molar-refractivity contribution in [1.82, 2.24) is 20.3 Å². The second-order valence-corrected chi connectivity index (χ2v) is 4.64. The third kappa shape index (κ3) is 1.59. The molecule has 0 saturated heterocycles. The zero-order chi connectivity index (χ0) is 10.1. The molecule has 5 heteroatoms. The summed E-state index contributed by atoms with van der Waals surface area (Å²) in [5, 5.41) is 11.3. The van der Waals surface area contributed by atoms with Crippen molar-refractivity contribution in [2.45, 2.75) is 18.8 Å². The molecule has 1 N–H and O–H groups in total. The second-order valence-electron chi connectivity index (χ2n) is 3.89. The monoisotopic (exact) mass is 258 g/mol. The summed E-state index contributed by atoms with van der Waals surface area (Å²) < 4.78 is 2.79. The van der Waals surface area contributed by atoms with Crippen LogP contribution in [0.2, 0.25) is 0 Å². The summed E-state index contributed by atoms with van der Waals surface area (Å²) in [5.74, 6) is 1.37. The van der Waals surface area contributed by atoms with Crippen LogP contribution in [0.25, 0.3) is 0 Å². The number of hydrogen-bond acceptors (Lipinski definition) is 3. The number of aromatic nitrogens is 3. The molecule has 0 aromatic carbocycles. The van der Waals surface area contributed by atoms with Crippen LogP contribution in [-0.2, 0) is 7.05 Å². The lowest BCUT2D eigenvalue weighted by atomic mass is 9.72. The summed E-state index contributed by atoms with van der Waals surface area (Å²) in [7, 11) is 3.97. The van der Waals surface area contributed by atoms with Crippen molar-refractivity contribution in [1.29, 1.82) is 0 Å². The lowest BCUT2D eigenvalue weighted by molar-refractivity contribution is 0.239. The minimum atomic E-state index is 0.622. The maximum atomic E-state index is 4.02. The van der Waals surface area contributed by atoms with Crippen LogP contribution in [0.5, 0.6) is 0 Å². The van der Waals surface area contributed by atoms with Gasteiger partial charge in [-0.3, -0.25) is 4.68 Å². The molecule has 14 heavy (non-hydrogen) atoms. The Bertz CT molecular complexity index is 303. The number of nitrogens with zero attached hydrogens (tertiary/aromatic N) is 3. The van der Waals surface area contributed by atoms with Gasteiger partial charge >= 0.3 is 0 Å². The molecule has 2 rings (SSSR count). The Balaban J connectivity index is 2.15. The summed E-state index contributed by atoms with van der Waals surface area (Å²) in [6, 6.07) is 0. The van der Waals surface area contributed by atoms with Crippen molar-refractivity contribution in [3.63, 3.8) is 0 Å². The normalized spacial score (nSPS) is 26.2. The van der Waals surface area contributed by atoms with Crippen molar-refractivity contribution in [3.05, 3.63) is 10.3 Å². The van der Waals surface area contributed by atoms with Crippen LogP contribution < -0.4 is 5.32 Å². The molecule has 1 aliphatic carbocycles. The van der Waals surface area contributed by atoms with Gasteiger partial charge in [-0.25, -0.2) is 0 Å². The largest absolute Gasteiger partial charge is 0.319 e. The van der Waals surface area contributed by atoms with Crippen LogP contribution in [-0.4, -0.2) is 28.6 Å². The number of aryl methyl sites for hydroxylation is 1. The number of hydrogen-bond donors (Lipinski definition) is 1. The Hall–Kier alpha value is -0.420. The van der Waals surface area contributed by atoms with Gasteiger partial charge in [0.05, 0.1) is 5.69 Å². The minimum absolute atomic E-state index is 0.622. The summed E-state index contributed by atoms with van der Waals surface area (Å²) >= 11 is 3.46. The Labute approximate surface area is 92.2 Å². The summed E-state index contributed by atoms with van der Waals surface area (Å²) in [6.07, 6.45) is 2.56. The highest BCUT2D eigenvalue weighted by molar-refractivity contribution is 9.10. The molecule has 1 aliphatic rings. The Morgan fingerprint density at radius 2 is 2.36 bits per heavy atom. The number of rotatable bonds is 3. The molecule has 0 radical (unpaired) electrons. The zero-order valence-corrected chi connectivity index (χ0v) is 10.1. The van der Waals surface area contributed by atoms with Gasteiger partial charge in [0.1, 0.15) is 0 Å². The van der Waals surface area contributed by atoms with Gasteiger partial charge in [0.25, 0.3) is 0 Å². The van der Waals surface area contributed by atoms with Crippen LogP contribution in [0.3, 0.4) is 0 Å². The third-order valence-electron chi connectivity index (χ3n) is 3.06. The molecule has 0 aliphatic heterocycles. The fourth-order valence-corrected chi connectivity index (χ4v) is 2.79. The van der Waals surface area contributed by atoms with Crippen molar-refractivity contribution in [3.8, 4) is 0 Å². The molecular weight excluding hydrogens is 244 g/mol. The quantitative estimate of drug-likeness (QED) is 0.889. The number of nitrogens with one attached hydrogen (secondary N) is 1. The molecular formula is C9H15BrN4. The van der Waals surface area contributed by atoms with Crippen molar-refractivity contribution in [2.75, 3.05) is 13.6 Å². The molecule has 1 saturated carbocycles. The molecule has 0 bridgehead atoms. The molecule has 78 valence electrons. The van der Waals surface area contributed by atoms with Crippen LogP contribution in [0.4, 0.5) is 0 Å². The highest BCUT2D eigenvalue weighted by Gasteiger charge is 2.35. The fraction of sp³-hybridized carbons (Fsp3) is 0.778. The summed E-state index contributed by atoms with van der Waals surface area (Å²) in [6.45, 7) is 1.09. The second kappa shape index (κ2) is 3.98. The Kier molecular flexibility index (Phi) is 2.88. The lowest BCUT2D eigenvalue weighted by Gasteiger charge is -2.36. The van der Waals surface area contributed by atoms with Crippen LogP contribution in [0.15, 0.2) is 4.60 Å². The van der Waals surface area contributed by atoms with E-state index in [4.69, 9.17) is 0 Å². The van der Waals surface area contributed by atoms with Gasteiger partial charge in [0.15, 0.2) is 4.60 Å². The Morgan fingerprint density at radius 3 is 2.79 bits per heavy atom. The van der Waals surface area contributed by atoms with Crippen LogP contribution in [0, 0.1) is 5.92 Å². The van der Waals surface area contributed by atoms with Crippen molar-refractivity contribution >= 4 is 15.9 Å². The average Bonchev–Trinajstić information content (AvgIpc) is 2.44. The first-order valence-electron chi connectivity index (χ1n) is 4.93. The molecule has 4 nitrogen and oxygen atoms in total. The molecule has 0 spiro atoms. The van der Waals surface area contributed by atoms with E-state index in [1.165, 1.54) is 18.5 Å². The first-order chi connectivity index (χ1) is 6.74. The lowest BCUT2D eigenvalue weighted by Crippen LogP contribution is -2.33. The van der Waals surface area contributed by atoms with Crippen molar-refractivity contribution in [2.24, 2.45) is 13.0 Å². The van der Waals surface area contributed by atoms with Crippen LogP contribution >= 0.6 is 15.9 Å². The first-order valence-corrected chi connectivity index (χ1v) is 5.73. The van der Waals surface area contributed by atoms with Gasteiger partial charge in [-0.2, -0.15) is 0 Å². The van der Waals surface area contributed by atoms with Gasteiger partial charge in [-0.1, -0.05) is 5.21 Å². The van der Waals surface area contributed by atoms with Gasteiger partial charge in [0.2, 0.25) is 0 Å². The zero-order valence-electron chi connectivity index (χ0n) is 8.50. The maximum Gasteiger partial charge on any atom is 0.151 e. The first kappa shape index (κ1) is 10.1. The standard InChI is InChI=1S/C9H15BrN4/c1-11-5-6-3-4-7(6)8-9(10)12-13-14(8)2/h6-7,11H,3-5H2,1-2H3. The average molecular weight is 259 g/mol. The van der Waals surface area contributed by atoms with Gasteiger partial charge in [-0.15, -0.1) is 5.10 Å². The molecule has 2 atom stereocenters. The van der Waals surface area contributed by atoms with E-state index < -0.39 is 0 Å². The molecule has 1 aromatic rings. The highest BCUT2D eigenvalue weighted by atomic mass is 79.9. The molecule has 2 unspecified atom stereocenters. The number of halogens is 1. The van der Waals surface area contributed by atoms with E-state index in [2.05, 4.69) is 31.6 Å². The summed E-state index contributed by atoms with van der Waals surface area (Å²) in [5.41, 5.74) is 1.25. The van der Waals surface area contributed by atoms with E-state index in [9.17, 15) is 0 Å². The van der Waals surface area contributed by atoms with E-state index >= 15 is 0 Å². The Morgan fingerprint density at radius 1 is 1.57 bits per heavy atom. The minimum Gasteiger partial charge on any atom is -0.319 e. The fourth-order valence-electron chi connectivity index (χ4n) is 2.17. The third-order valence-corrected chi connectivity index (χ3v) is 3.63. The molecule has 1 aromatic heterocycles. The van der Waals surface area contributed by atoms with E-state index in [0.717, 1.165) is 17.1 Å². The van der Waals surface area contributed by atoms with Gasteiger partial charge in [0, 0.05) is 13.0 Å². The SMILES string of the molecule is CNCC1CCC1c1c(Br)nnn1C. The van der Waals surface area contributed by atoms with Gasteiger partial charge in [-0.05, 0) is 48.3 Å². The predicted molar refractivity (Wildman–Crippen MR) is 58.1 cm³/mol. The van der Waals surface area contributed by atoms with E-state index in [0.29, 0.717) is 5.92 Å². The molecule has 1 fully saturated rings. The molecule has 1 heterocycles. The highest BCUT2D eigenvalue weighted by Crippen LogP contribution is 2.43. The smallest absolute Gasteiger partial charge is 0.151 e.